The monoisotopic (exact) mass is 532 g/mol. The number of nitrogens with zero attached hydrogens (tertiary/aromatic N) is 3. The zero-order valence-electron chi connectivity index (χ0n) is 20.4. The van der Waals surface area contributed by atoms with E-state index < -0.39 is 27.7 Å². The van der Waals surface area contributed by atoms with Crippen molar-refractivity contribution in [3.05, 3.63) is 104 Å². The van der Waals surface area contributed by atoms with Gasteiger partial charge in [-0.05, 0) is 42.3 Å². The Labute approximate surface area is 220 Å². The molecule has 4 rings (SSSR count). The maximum atomic E-state index is 13.1. The summed E-state index contributed by atoms with van der Waals surface area (Å²) in [7, 11) is 0. The van der Waals surface area contributed by atoms with E-state index in [-0.39, 0.29) is 41.6 Å². The normalized spacial score (nSPS) is 14.2. The molecule has 1 N–H and O–H groups in total. The molecule has 0 aliphatic carbocycles. The molecule has 1 heterocycles. The highest BCUT2D eigenvalue weighted by Crippen LogP contribution is 2.31. The summed E-state index contributed by atoms with van der Waals surface area (Å²) in [5.41, 5.74) is 0.0637. The van der Waals surface area contributed by atoms with Gasteiger partial charge in [0.1, 0.15) is 12.2 Å². The maximum absolute atomic E-state index is 13.1. The predicted molar refractivity (Wildman–Crippen MR) is 137 cm³/mol. The van der Waals surface area contributed by atoms with Crippen LogP contribution in [0.4, 0.5) is 21.9 Å². The second-order valence-electron chi connectivity index (χ2n) is 8.09. The van der Waals surface area contributed by atoms with Crippen LogP contribution in [0.5, 0.6) is 11.5 Å². The molecule has 0 unspecified atom stereocenters. The number of imide groups is 2. The number of hydrogen-bond acceptors (Lipinski definition) is 9. The summed E-state index contributed by atoms with van der Waals surface area (Å²) in [5, 5.41) is 24.2. The van der Waals surface area contributed by atoms with Crippen molar-refractivity contribution in [2.45, 2.75) is 13.5 Å². The third-order valence-electron chi connectivity index (χ3n) is 5.49. The average Bonchev–Trinajstić information content (AvgIpc) is 2.91. The molecule has 1 fully saturated rings. The first-order valence-corrected chi connectivity index (χ1v) is 11.5. The Morgan fingerprint density at radius 1 is 0.872 bits per heavy atom. The van der Waals surface area contributed by atoms with Gasteiger partial charge < -0.3 is 9.47 Å². The van der Waals surface area contributed by atoms with Crippen LogP contribution in [0, 0.1) is 20.2 Å². The molecular weight excluding hydrogens is 512 g/mol. The van der Waals surface area contributed by atoms with E-state index in [0.717, 1.165) is 6.07 Å². The quantitative estimate of drug-likeness (QED) is 0.184. The molecular formula is C26H20N4O9. The van der Waals surface area contributed by atoms with Gasteiger partial charge in [-0.1, -0.05) is 24.3 Å². The van der Waals surface area contributed by atoms with Gasteiger partial charge in [0.05, 0.1) is 22.1 Å². The summed E-state index contributed by atoms with van der Waals surface area (Å²) in [5.74, 6) is -1.30. The fourth-order valence-electron chi connectivity index (χ4n) is 3.73. The number of barbiturate groups is 1. The predicted octanol–water partition coefficient (Wildman–Crippen LogP) is 4.15. The molecule has 0 aromatic heterocycles. The molecule has 0 spiro atoms. The van der Waals surface area contributed by atoms with E-state index >= 15 is 0 Å². The van der Waals surface area contributed by atoms with Crippen molar-refractivity contribution in [2.24, 2.45) is 0 Å². The number of anilines is 1. The smallest absolute Gasteiger partial charge is 0.335 e. The molecule has 3 aromatic carbocycles. The van der Waals surface area contributed by atoms with Crippen LogP contribution in [-0.2, 0) is 16.2 Å². The number of hydrogen-bond donors (Lipinski definition) is 1. The topological polar surface area (TPSA) is 171 Å². The van der Waals surface area contributed by atoms with Gasteiger partial charge in [-0.3, -0.25) is 35.1 Å². The van der Waals surface area contributed by atoms with Crippen molar-refractivity contribution in [3.8, 4) is 11.5 Å². The Balaban J connectivity index is 1.61. The summed E-state index contributed by atoms with van der Waals surface area (Å²) in [4.78, 5) is 59.7. The van der Waals surface area contributed by atoms with Crippen LogP contribution >= 0.6 is 0 Å². The first-order chi connectivity index (χ1) is 18.7. The number of nitro groups is 2. The summed E-state index contributed by atoms with van der Waals surface area (Å²) in [6, 6.07) is 14.5. The highest BCUT2D eigenvalue weighted by atomic mass is 16.6. The Hall–Kier alpha value is -5.59. The molecule has 1 aliphatic heterocycles. The van der Waals surface area contributed by atoms with Crippen LogP contribution in [0.3, 0.4) is 0 Å². The van der Waals surface area contributed by atoms with Crippen LogP contribution in [0.2, 0.25) is 0 Å². The minimum atomic E-state index is -1.04. The first-order valence-electron chi connectivity index (χ1n) is 11.5. The Morgan fingerprint density at radius 2 is 1.56 bits per heavy atom. The van der Waals surface area contributed by atoms with E-state index in [1.165, 1.54) is 42.5 Å². The molecule has 1 aliphatic rings. The summed E-state index contributed by atoms with van der Waals surface area (Å²) >= 11 is 0. The summed E-state index contributed by atoms with van der Waals surface area (Å²) < 4.78 is 11.4. The van der Waals surface area contributed by atoms with Crippen LogP contribution in [-0.4, -0.2) is 34.3 Å². The lowest BCUT2D eigenvalue weighted by Crippen LogP contribution is -2.54. The lowest BCUT2D eigenvalue weighted by Gasteiger charge is -2.26. The van der Waals surface area contributed by atoms with Crippen molar-refractivity contribution < 1.29 is 33.7 Å². The highest BCUT2D eigenvalue weighted by Gasteiger charge is 2.37. The number of urea groups is 1. The first kappa shape index (κ1) is 26.5. The standard InChI is InChI=1S/C26H20N4O9/c1-2-38-23-13-16(9-10-22(23)39-15-17-5-3-7-19(11-17)29(34)35)12-21-24(31)27-26(33)28(25(21)32)18-6-4-8-20(14-18)30(36)37/h3-14H,2,15H2,1H3,(H,27,31,33)/b21-12+. The van der Waals surface area contributed by atoms with E-state index in [1.54, 1.807) is 31.2 Å². The largest absolute Gasteiger partial charge is 0.490 e. The number of nitrogens with one attached hydrogen (secondary N) is 1. The van der Waals surface area contributed by atoms with Gasteiger partial charge in [-0.15, -0.1) is 0 Å². The molecule has 39 heavy (non-hydrogen) atoms. The van der Waals surface area contributed by atoms with Crippen molar-refractivity contribution >= 4 is 41.0 Å². The molecule has 198 valence electrons. The van der Waals surface area contributed by atoms with Gasteiger partial charge in [0, 0.05) is 24.3 Å². The Bertz CT molecular complexity index is 1530. The van der Waals surface area contributed by atoms with Gasteiger partial charge in [0.15, 0.2) is 11.5 Å². The third kappa shape index (κ3) is 5.88. The van der Waals surface area contributed by atoms with Crippen LogP contribution in [0.15, 0.2) is 72.3 Å². The van der Waals surface area contributed by atoms with Gasteiger partial charge in [-0.25, -0.2) is 9.69 Å². The Morgan fingerprint density at radius 3 is 2.26 bits per heavy atom. The summed E-state index contributed by atoms with van der Waals surface area (Å²) in [6.45, 7) is 2.03. The summed E-state index contributed by atoms with van der Waals surface area (Å²) in [6.07, 6.45) is 1.25. The minimum Gasteiger partial charge on any atom is -0.490 e. The third-order valence-corrected chi connectivity index (χ3v) is 5.49. The maximum Gasteiger partial charge on any atom is 0.335 e. The van der Waals surface area contributed by atoms with Crippen molar-refractivity contribution in [1.29, 1.82) is 0 Å². The second-order valence-corrected chi connectivity index (χ2v) is 8.09. The molecule has 0 atom stereocenters. The van der Waals surface area contributed by atoms with Gasteiger partial charge >= 0.3 is 6.03 Å². The number of non-ortho nitro benzene ring substituents is 2. The van der Waals surface area contributed by atoms with Gasteiger partial charge in [0.25, 0.3) is 23.2 Å². The number of benzene rings is 3. The Kier molecular flexibility index (Phi) is 7.61. The highest BCUT2D eigenvalue weighted by molar-refractivity contribution is 6.39. The molecule has 0 bridgehead atoms. The van der Waals surface area contributed by atoms with E-state index in [2.05, 4.69) is 5.32 Å². The van der Waals surface area contributed by atoms with Crippen LogP contribution in [0.1, 0.15) is 18.1 Å². The number of ether oxygens (including phenoxy) is 2. The zero-order valence-corrected chi connectivity index (χ0v) is 20.4. The van der Waals surface area contributed by atoms with Crippen molar-refractivity contribution in [1.82, 2.24) is 5.32 Å². The average molecular weight is 532 g/mol. The molecule has 3 aromatic rings. The number of carbonyl (C=O) groups excluding carboxylic acids is 3. The van der Waals surface area contributed by atoms with Crippen molar-refractivity contribution in [3.63, 3.8) is 0 Å². The molecule has 13 nitrogen and oxygen atoms in total. The molecule has 1 saturated heterocycles. The van der Waals surface area contributed by atoms with E-state index in [1.807, 2.05) is 0 Å². The fraction of sp³-hybridized carbons (Fsp3) is 0.115. The number of carbonyl (C=O) groups is 3. The lowest BCUT2D eigenvalue weighted by molar-refractivity contribution is -0.385. The second kappa shape index (κ2) is 11.2. The van der Waals surface area contributed by atoms with E-state index in [9.17, 15) is 34.6 Å². The molecule has 4 amide bonds. The SMILES string of the molecule is CCOc1cc(/C=C2\C(=O)NC(=O)N(c3cccc([N+](=O)[O-])c3)C2=O)ccc1OCc1cccc([N+](=O)[O-])c1. The minimum absolute atomic E-state index is 0.0172. The van der Waals surface area contributed by atoms with E-state index in [0.29, 0.717) is 21.8 Å². The molecule has 0 saturated carbocycles. The molecule has 0 radical (unpaired) electrons. The zero-order chi connectivity index (χ0) is 28.1. The number of amides is 4. The lowest BCUT2D eigenvalue weighted by atomic mass is 10.1. The van der Waals surface area contributed by atoms with Crippen LogP contribution < -0.4 is 19.7 Å². The fourth-order valence-corrected chi connectivity index (χ4v) is 3.73. The van der Waals surface area contributed by atoms with Gasteiger partial charge in [0.2, 0.25) is 0 Å². The van der Waals surface area contributed by atoms with Crippen molar-refractivity contribution in [2.75, 3.05) is 11.5 Å². The van der Waals surface area contributed by atoms with Crippen LogP contribution in [0.25, 0.3) is 6.08 Å². The van der Waals surface area contributed by atoms with E-state index in [4.69, 9.17) is 9.47 Å². The molecule has 13 heteroatoms. The number of rotatable bonds is 9. The number of nitro benzene ring substituents is 2. The van der Waals surface area contributed by atoms with Gasteiger partial charge in [-0.2, -0.15) is 0 Å².